The van der Waals surface area contributed by atoms with Crippen LogP contribution in [0.1, 0.15) is 18.4 Å². The summed E-state index contributed by atoms with van der Waals surface area (Å²) in [6, 6.07) is 59.5. The number of rotatable bonds is 7. The van der Waals surface area contributed by atoms with Gasteiger partial charge in [-0.2, -0.15) is 5.26 Å². The highest BCUT2D eigenvalue weighted by Crippen LogP contribution is 2.40. The molecule has 4 heteroatoms. The minimum Gasteiger partial charge on any atom is -0.314 e. The molecule has 52 heavy (non-hydrogen) atoms. The van der Waals surface area contributed by atoms with E-state index >= 15 is 0 Å². The number of nitrogens with zero attached hydrogens (tertiary/aromatic N) is 4. The predicted molar refractivity (Wildman–Crippen MR) is 215 cm³/mol. The summed E-state index contributed by atoms with van der Waals surface area (Å²) in [4.78, 5) is 7.56. The number of hydrogen-bond donors (Lipinski definition) is 0. The summed E-state index contributed by atoms with van der Waals surface area (Å²) in [6.07, 6.45) is 8.61. The Morgan fingerprint density at radius 3 is 2.08 bits per heavy atom. The fraction of sp³-hybridized carbons (Fsp3) is 0.0417. The van der Waals surface area contributed by atoms with Crippen molar-refractivity contribution in [3.63, 3.8) is 0 Å². The lowest BCUT2D eigenvalue weighted by molar-refractivity contribution is 0.918. The van der Waals surface area contributed by atoms with E-state index in [0.29, 0.717) is 5.56 Å². The summed E-state index contributed by atoms with van der Waals surface area (Å²) in [5.74, 6) is 0. The maximum absolute atomic E-state index is 9.79. The Kier molecular flexibility index (Phi) is 8.00. The van der Waals surface area contributed by atoms with E-state index in [-0.39, 0.29) is 0 Å². The molecule has 0 unspecified atom stereocenters. The SMILES string of the molecule is N#Cc1cccc(-c2cc(-c3cccc(-c4ccccc4)n3)cc(-n3c4ccccc4c4ccc(N(C5=CC=CCC5)c5ccccc5)cc43)c2)c1. The molecule has 1 aliphatic rings. The Balaban J connectivity index is 1.29. The topological polar surface area (TPSA) is 44.9 Å². The van der Waals surface area contributed by atoms with Crippen molar-refractivity contribution in [1.82, 2.24) is 9.55 Å². The predicted octanol–water partition coefficient (Wildman–Crippen LogP) is 12.4. The van der Waals surface area contributed by atoms with Crippen LogP contribution in [0.3, 0.4) is 0 Å². The lowest BCUT2D eigenvalue weighted by Crippen LogP contribution is -2.17. The molecule has 1 aliphatic carbocycles. The number of fused-ring (bicyclic) bond motifs is 3. The lowest BCUT2D eigenvalue weighted by atomic mass is 9.98. The second-order valence-corrected chi connectivity index (χ2v) is 13.1. The molecule has 9 rings (SSSR count). The molecule has 0 saturated heterocycles. The van der Waals surface area contributed by atoms with E-state index in [1.807, 2.05) is 36.4 Å². The first-order chi connectivity index (χ1) is 25.7. The van der Waals surface area contributed by atoms with Crippen LogP contribution in [0.15, 0.2) is 188 Å². The maximum Gasteiger partial charge on any atom is 0.0991 e. The molecule has 0 saturated carbocycles. The van der Waals surface area contributed by atoms with Gasteiger partial charge in [0.1, 0.15) is 0 Å². The molecule has 2 aromatic heterocycles. The van der Waals surface area contributed by atoms with Gasteiger partial charge in [0.25, 0.3) is 0 Å². The summed E-state index contributed by atoms with van der Waals surface area (Å²) in [7, 11) is 0. The van der Waals surface area contributed by atoms with Gasteiger partial charge in [-0.15, -0.1) is 0 Å². The maximum atomic E-state index is 9.79. The Hall–Kier alpha value is -6.96. The molecule has 0 fully saturated rings. The van der Waals surface area contributed by atoms with Crippen LogP contribution in [0.4, 0.5) is 11.4 Å². The first-order valence-electron chi connectivity index (χ1n) is 17.7. The molecule has 0 bridgehead atoms. The number of aromatic nitrogens is 2. The second kappa shape index (κ2) is 13.4. The number of anilines is 2. The Labute approximate surface area is 303 Å². The van der Waals surface area contributed by atoms with Crippen LogP contribution in [-0.4, -0.2) is 9.55 Å². The first-order valence-corrected chi connectivity index (χ1v) is 17.7. The summed E-state index contributed by atoms with van der Waals surface area (Å²) >= 11 is 0. The average Bonchev–Trinajstić information content (AvgIpc) is 3.56. The molecule has 8 aromatic rings. The zero-order valence-corrected chi connectivity index (χ0v) is 28.5. The highest BCUT2D eigenvalue weighted by Gasteiger charge is 2.20. The van der Waals surface area contributed by atoms with Gasteiger partial charge >= 0.3 is 0 Å². The van der Waals surface area contributed by atoms with Crippen LogP contribution in [0.5, 0.6) is 0 Å². The zero-order chi connectivity index (χ0) is 34.9. The molecular weight excluding hydrogens is 633 g/mol. The average molecular weight is 667 g/mol. The molecule has 0 atom stereocenters. The number of benzene rings is 6. The number of para-hydroxylation sites is 2. The highest BCUT2D eigenvalue weighted by molar-refractivity contribution is 6.10. The number of nitriles is 1. The van der Waals surface area contributed by atoms with E-state index in [2.05, 4.69) is 161 Å². The van der Waals surface area contributed by atoms with Crippen molar-refractivity contribution in [3.8, 4) is 45.4 Å². The third-order valence-corrected chi connectivity index (χ3v) is 9.82. The van der Waals surface area contributed by atoms with Gasteiger partial charge in [-0.3, -0.25) is 0 Å². The van der Waals surface area contributed by atoms with Gasteiger partial charge in [0.15, 0.2) is 0 Å². The van der Waals surface area contributed by atoms with Gasteiger partial charge in [0, 0.05) is 44.7 Å². The minimum atomic E-state index is 0.628. The van der Waals surface area contributed by atoms with Crippen LogP contribution in [0.25, 0.3) is 61.1 Å². The minimum absolute atomic E-state index is 0.628. The molecular formula is C48H34N4. The number of hydrogen-bond acceptors (Lipinski definition) is 3. The van der Waals surface area contributed by atoms with Crippen molar-refractivity contribution in [2.24, 2.45) is 0 Å². The number of pyridine rings is 1. The number of allylic oxidation sites excluding steroid dienone is 4. The molecule has 6 aromatic carbocycles. The largest absolute Gasteiger partial charge is 0.314 e. The van der Waals surface area contributed by atoms with Crippen LogP contribution in [-0.2, 0) is 0 Å². The summed E-state index contributed by atoms with van der Waals surface area (Å²) in [5, 5.41) is 12.2. The van der Waals surface area contributed by atoms with Crippen LogP contribution >= 0.6 is 0 Å². The van der Waals surface area contributed by atoms with E-state index in [0.717, 1.165) is 74.6 Å². The van der Waals surface area contributed by atoms with Gasteiger partial charge in [-0.05, 0) is 103 Å². The van der Waals surface area contributed by atoms with Gasteiger partial charge in [0.2, 0.25) is 0 Å². The zero-order valence-electron chi connectivity index (χ0n) is 28.5. The van der Waals surface area contributed by atoms with Crippen molar-refractivity contribution in [1.29, 1.82) is 5.26 Å². The third kappa shape index (κ3) is 5.75. The van der Waals surface area contributed by atoms with Crippen molar-refractivity contribution in [2.75, 3.05) is 4.90 Å². The normalized spacial score (nSPS) is 12.5. The molecule has 0 radical (unpaired) electrons. The van der Waals surface area contributed by atoms with Crippen molar-refractivity contribution >= 4 is 33.2 Å². The molecule has 0 N–H and O–H groups in total. The standard InChI is InChI=1S/C48H34N4/c49-33-34-14-12-17-36(28-34)37-29-38(46-24-13-23-45(50-46)35-15-4-1-5-16-35)31-42(30-37)52-47-25-11-10-22-43(47)44-27-26-41(32-48(44)52)51(39-18-6-2-7-19-39)40-20-8-3-9-21-40/h1-8,10-20,22-32H,9,21H2. The summed E-state index contributed by atoms with van der Waals surface area (Å²) in [5.41, 5.74) is 13.3. The van der Waals surface area contributed by atoms with Crippen LogP contribution in [0, 0.1) is 11.3 Å². The Bertz CT molecular complexity index is 2690. The molecule has 2 heterocycles. The van der Waals surface area contributed by atoms with Crippen molar-refractivity contribution < 1.29 is 0 Å². The third-order valence-electron chi connectivity index (χ3n) is 9.82. The lowest BCUT2D eigenvalue weighted by Gasteiger charge is -2.29. The first kappa shape index (κ1) is 31.1. The molecule has 0 spiro atoms. The smallest absolute Gasteiger partial charge is 0.0991 e. The molecule has 0 aliphatic heterocycles. The van der Waals surface area contributed by atoms with Gasteiger partial charge in [0.05, 0.1) is 34.1 Å². The molecule has 0 amide bonds. The molecule has 4 nitrogen and oxygen atoms in total. The van der Waals surface area contributed by atoms with E-state index in [4.69, 9.17) is 4.98 Å². The summed E-state index contributed by atoms with van der Waals surface area (Å²) in [6.45, 7) is 0. The fourth-order valence-electron chi connectivity index (χ4n) is 7.40. The fourth-order valence-corrected chi connectivity index (χ4v) is 7.40. The second-order valence-electron chi connectivity index (χ2n) is 13.1. The Morgan fingerprint density at radius 1 is 0.558 bits per heavy atom. The highest BCUT2D eigenvalue weighted by atomic mass is 15.2. The quantitative estimate of drug-likeness (QED) is 0.170. The van der Waals surface area contributed by atoms with Crippen LogP contribution < -0.4 is 4.90 Å². The van der Waals surface area contributed by atoms with E-state index in [1.165, 1.54) is 16.5 Å². The van der Waals surface area contributed by atoms with E-state index < -0.39 is 0 Å². The van der Waals surface area contributed by atoms with Crippen molar-refractivity contribution in [2.45, 2.75) is 12.8 Å². The van der Waals surface area contributed by atoms with E-state index in [1.54, 1.807) is 0 Å². The Morgan fingerprint density at radius 2 is 1.27 bits per heavy atom. The van der Waals surface area contributed by atoms with Crippen molar-refractivity contribution in [3.05, 3.63) is 193 Å². The molecule has 246 valence electrons. The van der Waals surface area contributed by atoms with Gasteiger partial charge in [-0.1, -0.05) is 103 Å². The van der Waals surface area contributed by atoms with Gasteiger partial charge < -0.3 is 9.47 Å². The van der Waals surface area contributed by atoms with E-state index in [9.17, 15) is 5.26 Å². The summed E-state index contributed by atoms with van der Waals surface area (Å²) < 4.78 is 2.38. The van der Waals surface area contributed by atoms with Crippen LogP contribution in [0.2, 0.25) is 0 Å². The van der Waals surface area contributed by atoms with Gasteiger partial charge in [-0.25, -0.2) is 4.98 Å². The monoisotopic (exact) mass is 666 g/mol.